The first-order chi connectivity index (χ1) is 5.94. The Morgan fingerprint density at radius 1 is 1.46 bits per heavy atom. The lowest BCUT2D eigenvalue weighted by Gasteiger charge is -2.40. The van der Waals surface area contributed by atoms with Crippen LogP contribution in [0.25, 0.3) is 0 Å². The minimum absolute atomic E-state index is 0.132. The van der Waals surface area contributed by atoms with Gasteiger partial charge >= 0.3 is 0 Å². The van der Waals surface area contributed by atoms with Crippen molar-refractivity contribution < 1.29 is 9.84 Å². The lowest BCUT2D eigenvalue weighted by molar-refractivity contribution is -0.0609. The van der Waals surface area contributed by atoms with Gasteiger partial charge < -0.3 is 9.84 Å². The predicted molar refractivity (Wildman–Crippen MR) is 53.3 cm³/mol. The van der Waals surface area contributed by atoms with Crippen LogP contribution >= 0.6 is 0 Å². The molecule has 2 nitrogen and oxygen atoms in total. The summed E-state index contributed by atoms with van der Waals surface area (Å²) < 4.78 is 5.53. The maximum Gasteiger partial charge on any atom is 0.106 e. The Morgan fingerprint density at radius 2 is 2.08 bits per heavy atom. The highest BCUT2D eigenvalue weighted by atomic mass is 16.5. The van der Waals surface area contributed by atoms with Gasteiger partial charge in [-0.1, -0.05) is 27.7 Å². The van der Waals surface area contributed by atoms with E-state index in [0.29, 0.717) is 5.92 Å². The van der Waals surface area contributed by atoms with Gasteiger partial charge in [0.2, 0.25) is 0 Å². The average molecular weight is 184 g/mol. The molecule has 1 aliphatic rings. The third kappa shape index (κ3) is 2.25. The highest BCUT2D eigenvalue weighted by molar-refractivity contribution is 5.01. The van der Waals surface area contributed by atoms with E-state index >= 15 is 0 Å². The predicted octanol–water partition coefficient (Wildman–Crippen LogP) is 2.33. The topological polar surface area (TPSA) is 29.5 Å². The monoisotopic (exact) mass is 184 g/mol. The zero-order valence-corrected chi connectivity index (χ0v) is 8.95. The summed E-state index contributed by atoms with van der Waals surface area (Å²) in [5.41, 5.74) is -0.168. The van der Waals surface area contributed by atoms with Gasteiger partial charge in [0.15, 0.2) is 0 Å². The van der Waals surface area contributed by atoms with Crippen LogP contribution in [0.5, 0.6) is 0 Å². The fourth-order valence-corrected chi connectivity index (χ4v) is 1.62. The summed E-state index contributed by atoms with van der Waals surface area (Å²) in [5, 5.41) is 9.75. The Morgan fingerprint density at radius 3 is 2.62 bits per heavy atom. The lowest BCUT2D eigenvalue weighted by Crippen LogP contribution is -2.43. The first-order valence-corrected chi connectivity index (χ1v) is 4.94. The second-order valence-electron chi connectivity index (χ2n) is 4.85. The second kappa shape index (κ2) is 3.70. The summed E-state index contributed by atoms with van der Waals surface area (Å²) in [6.07, 6.45) is 4.09. The Hall–Kier alpha value is -0.500. The van der Waals surface area contributed by atoms with E-state index in [9.17, 15) is 5.11 Å². The number of rotatable bonds is 2. The molecule has 0 aromatic carbocycles. The fraction of sp³-hybridized carbons (Fsp3) is 0.818. The Labute approximate surface area is 80.6 Å². The molecule has 2 atom stereocenters. The van der Waals surface area contributed by atoms with Gasteiger partial charge in [0.25, 0.3) is 0 Å². The number of aliphatic hydroxyl groups excluding tert-OH is 1. The SMILES string of the molecule is CC(C)C[C@H]1OC=C[C@@H](O)C1(C)C. The van der Waals surface area contributed by atoms with Crippen molar-refractivity contribution in [1.82, 2.24) is 0 Å². The van der Waals surface area contributed by atoms with E-state index in [0.717, 1.165) is 6.42 Å². The summed E-state index contributed by atoms with van der Waals surface area (Å²) >= 11 is 0. The summed E-state index contributed by atoms with van der Waals surface area (Å²) in [4.78, 5) is 0. The van der Waals surface area contributed by atoms with Gasteiger partial charge in [0, 0.05) is 5.41 Å². The van der Waals surface area contributed by atoms with E-state index < -0.39 is 0 Å². The van der Waals surface area contributed by atoms with Gasteiger partial charge in [0.1, 0.15) is 6.10 Å². The van der Waals surface area contributed by atoms with Crippen molar-refractivity contribution in [3.8, 4) is 0 Å². The van der Waals surface area contributed by atoms with Crippen LogP contribution in [0, 0.1) is 11.3 Å². The summed E-state index contributed by atoms with van der Waals surface area (Å²) in [5.74, 6) is 0.600. The van der Waals surface area contributed by atoms with E-state index in [1.807, 2.05) is 13.8 Å². The Kier molecular flexibility index (Phi) is 3.01. The van der Waals surface area contributed by atoms with Crippen LogP contribution < -0.4 is 0 Å². The highest BCUT2D eigenvalue weighted by Crippen LogP contribution is 2.35. The van der Waals surface area contributed by atoms with Crippen molar-refractivity contribution in [2.45, 2.75) is 46.3 Å². The van der Waals surface area contributed by atoms with Gasteiger partial charge in [-0.2, -0.15) is 0 Å². The minimum atomic E-state index is -0.384. The third-order valence-electron chi connectivity index (χ3n) is 2.78. The summed E-state index contributed by atoms with van der Waals surface area (Å²) in [6, 6.07) is 0. The molecule has 0 saturated carbocycles. The zero-order valence-electron chi connectivity index (χ0n) is 8.95. The van der Waals surface area contributed by atoms with Crippen molar-refractivity contribution in [1.29, 1.82) is 0 Å². The molecule has 0 unspecified atom stereocenters. The van der Waals surface area contributed by atoms with E-state index in [1.54, 1.807) is 12.3 Å². The summed E-state index contributed by atoms with van der Waals surface area (Å²) in [7, 11) is 0. The van der Waals surface area contributed by atoms with E-state index in [1.165, 1.54) is 0 Å². The molecule has 1 aliphatic heterocycles. The molecule has 0 saturated heterocycles. The molecule has 0 radical (unpaired) electrons. The van der Waals surface area contributed by atoms with E-state index in [-0.39, 0.29) is 17.6 Å². The van der Waals surface area contributed by atoms with Gasteiger partial charge in [-0.05, 0) is 18.4 Å². The molecule has 0 bridgehead atoms. The van der Waals surface area contributed by atoms with Crippen LogP contribution in [0.2, 0.25) is 0 Å². The Balaban J connectivity index is 2.69. The van der Waals surface area contributed by atoms with Crippen molar-refractivity contribution in [2.75, 3.05) is 0 Å². The number of hydrogen-bond acceptors (Lipinski definition) is 2. The molecule has 0 aliphatic carbocycles. The normalized spacial score (nSPS) is 31.8. The van der Waals surface area contributed by atoms with Crippen molar-refractivity contribution in [3.63, 3.8) is 0 Å². The first-order valence-electron chi connectivity index (χ1n) is 4.94. The second-order valence-corrected chi connectivity index (χ2v) is 4.85. The van der Waals surface area contributed by atoms with Crippen LogP contribution in [-0.4, -0.2) is 17.3 Å². The zero-order chi connectivity index (χ0) is 10.1. The molecule has 0 amide bonds. The molecular formula is C11H20O2. The maximum absolute atomic E-state index is 9.75. The quantitative estimate of drug-likeness (QED) is 0.713. The Bertz CT molecular complexity index is 194. The fourth-order valence-electron chi connectivity index (χ4n) is 1.62. The van der Waals surface area contributed by atoms with Crippen molar-refractivity contribution in [3.05, 3.63) is 12.3 Å². The maximum atomic E-state index is 9.75. The molecule has 1 N–H and O–H groups in total. The van der Waals surface area contributed by atoms with Crippen molar-refractivity contribution in [2.24, 2.45) is 11.3 Å². The molecule has 1 heterocycles. The van der Waals surface area contributed by atoms with Crippen LogP contribution in [0.4, 0.5) is 0 Å². The molecule has 0 aromatic rings. The highest BCUT2D eigenvalue weighted by Gasteiger charge is 2.38. The molecule has 76 valence electrons. The van der Waals surface area contributed by atoms with Crippen LogP contribution in [0.1, 0.15) is 34.1 Å². The molecule has 1 rings (SSSR count). The minimum Gasteiger partial charge on any atom is -0.498 e. The molecule has 0 aromatic heterocycles. The summed E-state index contributed by atoms with van der Waals surface area (Å²) in [6.45, 7) is 8.44. The van der Waals surface area contributed by atoms with Crippen LogP contribution in [-0.2, 0) is 4.74 Å². The van der Waals surface area contributed by atoms with E-state index in [4.69, 9.17) is 4.74 Å². The largest absolute Gasteiger partial charge is 0.498 e. The standard InChI is InChI=1S/C11H20O2/c1-8(2)7-10-11(3,4)9(12)5-6-13-10/h5-6,8-10,12H,7H2,1-4H3/t9-,10-/m1/s1. The van der Waals surface area contributed by atoms with Crippen LogP contribution in [0.3, 0.4) is 0 Å². The van der Waals surface area contributed by atoms with Gasteiger partial charge in [-0.15, -0.1) is 0 Å². The molecule has 0 fully saturated rings. The van der Waals surface area contributed by atoms with Gasteiger partial charge in [-0.25, -0.2) is 0 Å². The van der Waals surface area contributed by atoms with E-state index in [2.05, 4.69) is 13.8 Å². The molecule has 0 spiro atoms. The third-order valence-corrected chi connectivity index (χ3v) is 2.78. The van der Waals surface area contributed by atoms with Crippen molar-refractivity contribution >= 4 is 0 Å². The number of ether oxygens (including phenoxy) is 1. The first kappa shape index (κ1) is 10.6. The van der Waals surface area contributed by atoms with Crippen LogP contribution in [0.15, 0.2) is 12.3 Å². The smallest absolute Gasteiger partial charge is 0.106 e. The molecule has 2 heteroatoms. The average Bonchev–Trinajstić information content (AvgIpc) is 1.99. The number of aliphatic hydroxyl groups is 1. The lowest BCUT2D eigenvalue weighted by atomic mass is 9.76. The number of hydrogen-bond donors (Lipinski definition) is 1. The van der Waals surface area contributed by atoms with Gasteiger partial charge in [0.05, 0.1) is 12.4 Å². The molecular weight excluding hydrogens is 164 g/mol. The molecule has 13 heavy (non-hydrogen) atoms. The van der Waals surface area contributed by atoms with Gasteiger partial charge in [-0.3, -0.25) is 0 Å².